The molecule has 0 N–H and O–H groups in total. The molecule has 0 radical (unpaired) electrons. The van der Waals surface area contributed by atoms with Gasteiger partial charge in [-0.05, 0) is 12.8 Å². The van der Waals surface area contributed by atoms with E-state index in [1.165, 1.54) is 251 Å². The molecule has 0 aliphatic rings. The highest BCUT2D eigenvalue weighted by molar-refractivity contribution is 4.53. The van der Waals surface area contributed by atoms with E-state index in [0.29, 0.717) is 0 Å². The number of hydrogen-bond donors (Lipinski definition) is 0. The molecule has 0 unspecified atom stereocenters. The molecule has 0 aromatic heterocycles. The van der Waals surface area contributed by atoms with Crippen LogP contribution in [0.4, 0.5) is 0 Å². The number of unbranched alkanes of at least 4 members (excludes halogenated alkanes) is 37. The summed E-state index contributed by atoms with van der Waals surface area (Å²) < 4.78 is 1.12. The molecule has 0 bridgehead atoms. The van der Waals surface area contributed by atoms with E-state index in [2.05, 4.69) is 28.1 Å². The van der Waals surface area contributed by atoms with Gasteiger partial charge >= 0.3 is 0 Å². The van der Waals surface area contributed by atoms with E-state index < -0.39 is 0 Å². The summed E-state index contributed by atoms with van der Waals surface area (Å²) in [7, 11) is 6.93. The van der Waals surface area contributed by atoms with Crippen LogP contribution in [0.5, 0.6) is 0 Å². The van der Waals surface area contributed by atoms with Crippen molar-refractivity contribution in [3.8, 4) is 0 Å². The summed E-state index contributed by atoms with van der Waals surface area (Å²) in [5, 5.41) is 0. The summed E-state index contributed by atoms with van der Waals surface area (Å²) in [4.78, 5) is 0. The van der Waals surface area contributed by atoms with Crippen LogP contribution in [-0.2, 0) is 0 Å². The zero-order chi connectivity index (χ0) is 32.1. The lowest BCUT2D eigenvalue weighted by Crippen LogP contribution is -2.35. The molecule has 0 aliphatic heterocycles. The Labute approximate surface area is 282 Å². The molecule has 0 aliphatic carbocycles. The Hall–Kier alpha value is -0.0400. The second kappa shape index (κ2) is 37.4. The Balaban J connectivity index is 3.05. The van der Waals surface area contributed by atoms with Crippen LogP contribution in [-0.4, -0.2) is 32.2 Å². The van der Waals surface area contributed by atoms with Gasteiger partial charge in [-0.25, -0.2) is 0 Å². The third-order valence-electron chi connectivity index (χ3n) is 10.2. The van der Waals surface area contributed by atoms with Gasteiger partial charge in [0.15, 0.2) is 0 Å². The van der Waals surface area contributed by atoms with Crippen LogP contribution < -0.4 is 0 Å². The van der Waals surface area contributed by atoms with Crippen LogP contribution in [0.25, 0.3) is 0 Å². The summed E-state index contributed by atoms with van der Waals surface area (Å²) in [6, 6.07) is 0. The molecule has 0 saturated heterocycles. The van der Waals surface area contributed by atoms with E-state index in [-0.39, 0.29) is 0 Å². The fourth-order valence-electron chi connectivity index (χ4n) is 7.02. The van der Waals surface area contributed by atoms with Gasteiger partial charge < -0.3 is 4.48 Å². The lowest BCUT2D eigenvalue weighted by molar-refractivity contribution is -0.870. The van der Waals surface area contributed by atoms with E-state index in [0.717, 1.165) is 4.48 Å². The highest BCUT2D eigenvalue weighted by Gasteiger charge is 2.05. The maximum atomic E-state index is 2.31. The van der Waals surface area contributed by atoms with Gasteiger partial charge in [-0.3, -0.25) is 0 Å². The first-order chi connectivity index (χ1) is 21.6. The highest BCUT2D eigenvalue weighted by atomic mass is 15.3. The molecular formula is C43H90N+. The fraction of sp³-hybridized carbons (Fsp3) is 1.00. The first kappa shape index (κ1) is 44.0. The van der Waals surface area contributed by atoms with Gasteiger partial charge in [0, 0.05) is 0 Å². The SMILES string of the molecule is CCCCCCCCCCCCCCCCCCCCCCCCCCCCCCCCCCCCCCCC[N+](C)(C)C. The summed E-state index contributed by atoms with van der Waals surface area (Å²) in [6.07, 6.45) is 56.3. The molecule has 0 rings (SSSR count). The number of nitrogens with zero attached hydrogens (tertiary/aromatic N) is 1. The van der Waals surface area contributed by atoms with E-state index in [1.54, 1.807) is 0 Å². The second-order valence-electron chi connectivity index (χ2n) is 16.1. The van der Waals surface area contributed by atoms with Crippen molar-refractivity contribution in [3.05, 3.63) is 0 Å². The zero-order valence-corrected chi connectivity index (χ0v) is 32.0. The van der Waals surface area contributed by atoms with Crippen LogP contribution in [0.1, 0.15) is 251 Å². The third kappa shape index (κ3) is 42.0. The molecule has 0 atom stereocenters. The molecule has 0 aromatic rings. The average Bonchev–Trinajstić information content (AvgIpc) is 3.00. The molecule has 0 amide bonds. The zero-order valence-electron chi connectivity index (χ0n) is 32.0. The van der Waals surface area contributed by atoms with Crippen molar-refractivity contribution in [1.29, 1.82) is 0 Å². The fourth-order valence-corrected chi connectivity index (χ4v) is 7.02. The van der Waals surface area contributed by atoms with Gasteiger partial charge in [-0.2, -0.15) is 0 Å². The van der Waals surface area contributed by atoms with Gasteiger partial charge in [-0.15, -0.1) is 0 Å². The molecule has 1 heteroatoms. The minimum absolute atomic E-state index is 1.12. The van der Waals surface area contributed by atoms with Gasteiger partial charge in [0.1, 0.15) is 0 Å². The molecule has 266 valence electrons. The largest absolute Gasteiger partial charge is 0.331 e. The van der Waals surface area contributed by atoms with Crippen molar-refractivity contribution in [3.63, 3.8) is 0 Å². The van der Waals surface area contributed by atoms with Crippen LogP contribution in [0.2, 0.25) is 0 Å². The molecule has 0 heterocycles. The van der Waals surface area contributed by atoms with Crippen LogP contribution in [0.3, 0.4) is 0 Å². The number of hydrogen-bond acceptors (Lipinski definition) is 0. The van der Waals surface area contributed by atoms with Crippen LogP contribution in [0.15, 0.2) is 0 Å². The highest BCUT2D eigenvalue weighted by Crippen LogP contribution is 2.17. The van der Waals surface area contributed by atoms with E-state index >= 15 is 0 Å². The van der Waals surface area contributed by atoms with Crippen molar-refractivity contribution >= 4 is 0 Å². The van der Waals surface area contributed by atoms with Gasteiger partial charge in [-0.1, -0.05) is 238 Å². The quantitative estimate of drug-likeness (QED) is 0.0473. The van der Waals surface area contributed by atoms with Crippen molar-refractivity contribution in [1.82, 2.24) is 0 Å². The Morgan fingerprint density at radius 2 is 0.341 bits per heavy atom. The van der Waals surface area contributed by atoms with Crippen LogP contribution >= 0.6 is 0 Å². The van der Waals surface area contributed by atoms with Crippen molar-refractivity contribution in [2.45, 2.75) is 251 Å². The summed E-state index contributed by atoms with van der Waals surface area (Å²) in [5.74, 6) is 0. The van der Waals surface area contributed by atoms with E-state index in [1.807, 2.05) is 0 Å². The van der Waals surface area contributed by atoms with Gasteiger partial charge in [0.25, 0.3) is 0 Å². The Morgan fingerprint density at radius 1 is 0.205 bits per heavy atom. The first-order valence-electron chi connectivity index (χ1n) is 21.4. The minimum atomic E-state index is 1.12. The maximum absolute atomic E-state index is 2.31. The molecule has 0 saturated carbocycles. The molecule has 1 nitrogen and oxygen atoms in total. The first-order valence-corrected chi connectivity index (χ1v) is 21.4. The number of quaternary nitrogens is 1. The normalized spacial score (nSPS) is 12.0. The monoisotopic (exact) mass is 621 g/mol. The number of rotatable bonds is 39. The summed E-state index contributed by atoms with van der Waals surface area (Å²) in [6.45, 7) is 3.64. The molecular weight excluding hydrogens is 530 g/mol. The minimum Gasteiger partial charge on any atom is -0.331 e. The summed E-state index contributed by atoms with van der Waals surface area (Å²) >= 11 is 0. The molecule has 0 fully saturated rings. The Bertz CT molecular complexity index is 492. The van der Waals surface area contributed by atoms with E-state index in [4.69, 9.17) is 0 Å². The molecule has 0 aromatic carbocycles. The van der Waals surface area contributed by atoms with Crippen molar-refractivity contribution < 1.29 is 4.48 Å². The molecule has 0 spiro atoms. The third-order valence-corrected chi connectivity index (χ3v) is 10.2. The lowest BCUT2D eigenvalue weighted by atomic mass is 10.0. The maximum Gasteiger partial charge on any atom is 0.0780 e. The summed E-state index contributed by atoms with van der Waals surface area (Å²) in [5.41, 5.74) is 0. The van der Waals surface area contributed by atoms with Crippen molar-refractivity contribution in [2.24, 2.45) is 0 Å². The molecule has 44 heavy (non-hydrogen) atoms. The lowest BCUT2D eigenvalue weighted by Gasteiger charge is -2.23. The smallest absolute Gasteiger partial charge is 0.0780 e. The van der Waals surface area contributed by atoms with Crippen molar-refractivity contribution in [2.75, 3.05) is 27.7 Å². The predicted octanol–water partition coefficient (Wildman–Crippen LogP) is 15.5. The van der Waals surface area contributed by atoms with Crippen LogP contribution in [0, 0.1) is 0 Å². The predicted molar refractivity (Wildman–Crippen MR) is 204 cm³/mol. The Morgan fingerprint density at radius 3 is 0.477 bits per heavy atom. The van der Waals surface area contributed by atoms with E-state index in [9.17, 15) is 0 Å². The topological polar surface area (TPSA) is 0 Å². The van der Waals surface area contributed by atoms with Gasteiger partial charge in [0.2, 0.25) is 0 Å². The second-order valence-corrected chi connectivity index (χ2v) is 16.1. The Kier molecular flexibility index (Phi) is 37.4. The average molecular weight is 621 g/mol. The van der Waals surface area contributed by atoms with Gasteiger partial charge in [0.05, 0.1) is 27.7 Å². The standard InChI is InChI=1S/C43H90N/c1-5-6-7-8-9-10-11-12-13-14-15-16-17-18-19-20-21-22-23-24-25-26-27-28-29-30-31-32-33-34-35-36-37-38-39-40-41-42-43-44(2,3)4/h5-43H2,1-4H3/q+1.